The summed E-state index contributed by atoms with van der Waals surface area (Å²) in [6.07, 6.45) is 0.577. The van der Waals surface area contributed by atoms with Crippen molar-refractivity contribution in [1.82, 2.24) is 14.8 Å². The molecule has 29 heavy (non-hydrogen) atoms. The van der Waals surface area contributed by atoms with Crippen molar-refractivity contribution in [3.05, 3.63) is 63.9 Å². The molecule has 1 aromatic heterocycles. The molecule has 0 unspecified atom stereocenters. The summed E-state index contributed by atoms with van der Waals surface area (Å²) in [4.78, 5) is 12.2. The second-order valence-electron chi connectivity index (χ2n) is 6.06. The maximum atomic E-state index is 13.8. The Labute approximate surface area is 178 Å². The van der Waals surface area contributed by atoms with E-state index in [2.05, 4.69) is 31.4 Å². The molecule has 3 aromatic rings. The smallest absolute Gasteiger partial charge is 0.234 e. The number of carbonyl (C=O) groups excluding carboxylic acids is 1. The number of rotatable bonds is 7. The van der Waals surface area contributed by atoms with Crippen LogP contribution in [0.3, 0.4) is 0 Å². The van der Waals surface area contributed by atoms with Gasteiger partial charge in [-0.25, -0.2) is 8.78 Å². The lowest BCUT2D eigenvalue weighted by molar-refractivity contribution is -0.113. The Morgan fingerprint density at radius 3 is 2.62 bits per heavy atom. The molecule has 152 valence electrons. The zero-order valence-electron chi connectivity index (χ0n) is 15.6. The molecule has 0 fully saturated rings. The van der Waals surface area contributed by atoms with Gasteiger partial charge in [-0.05, 0) is 39.7 Å². The van der Waals surface area contributed by atoms with Crippen LogP contribution in [-0.2, 0) is 18.3 Å². The number of halogens is 3. The molecular weight excluding hydrogens is 466 g/mol. The number of hydrogen-bond acceptors (Lipinski definition) is 5. The molecule has 0 aliphatic carbocycles. The first kappa shape index (κ1) is 21.3. The third kappa shape index (κ3) is 5.33. The van der Waals surface area contributed by atoms with Crippen LogP contribution in [0.2, 0.25) is 0 Å². The molecule has 0 aliphatic heterocycles. The normalized spacial score (nSPS) is 10.8. The molecule has 1 amide bonds. The highest BCUT2D eigenvalue weighted by atomic mass is 79.9. The number of methoxy groups -OCH3 is 1. The van der Waals surface area contributed by atoms with E-state index in [0.717, 1.165) is 23.2 Å². The van der Waals surface area contributed by atoms with Gasteiger partial charge in [0.2, 0.25) is 5.91 Å². The first-order chi connectivity index (χ1) is 13.9. The van der Waals surface area contributed by atoms with Gasteiger partial charge in [-0.1, -0.05) is 23.9 Å². The van der Waals surface area contributed by atoms with Gasteiger partial charge in [0.05, 0.1) is 18.6 Å². The van der Waals surface area contributed by atoms with Gasteiger partial charge < -0.3 is 14.6 Å². The number of benzene rings is 2. The molecule has 0 saturated carbocycles. The van der Waals surface area contributed by atoms with E-state index in [1.165, 1.54) is 11.8 Å². The lowest BCUT2D eigenvalue weighted by Gasteiger charge is -2.09. The molecule has 0 radical (unpaired) electrons. The van der Waals surface area contributed by atoms with E-state index in [1.807, 2.05) is 31.3 Å². The third-order valence-electron chi connectivity index (χ3n) is 4.05. The highest BCUT2D eigenvalue weighted by Gasteiger charge is 2.15. The van der Waals surface area contributed by atoms with Gasteiger partial charge in [0.15, 0.2) is 11.0 Å². The first-order valence-electron chi connectivity index (χ1n) is 8.45. The second kappa shape index (κ2) is 9.36. The van der Waals surface area contributed by atoms with E-state index in [1.54, 1.807) is 11.7 Å². The van der Waals surface area contributed by atoms with Gasteiger partial charge in [0.25, 0.3) is 0 Å². The molecule has 0 aliphatic rings. The number of anilines is 1. The van der Waals surface area contributed by atoms with E-state index in [-0.39, 0.29) is 15.9 Å². The molecule has 3 rings (SSSR count). The molecule has 0 spiro atoms. The van der Waals surface area contributed by atoms with Gasteiger partial charge in [0.1, 0.15) is 17.4 Å². The molecule has 10 heteroatoms. The van der Waals surface area contributed by atoms with Crippen molar-refractivity contribution in [3.8, 4) is 5.75 Å². The lowest BCUT2D eigenvalue weighted by atomic mass is 10.1. The van der Waals surface area contributed by atoms with E-state index in [0.29, 0.717) is 17.6 Å². The number of nitrogens with one attached hydrogen (secondary N) is 1. The Bertz CT molecular complexity index is 1000. The maximum absolute atomic E-state index is 13.8. The van der Waals surface area contributed by atoms with Crippen LogP contribution >= 0.6 is 27.7 Å². The average Bonchev–Trinajstić information content (AvgIpc) is 3.03. The molecule has 6 nitrogen and oxygen atoms in total. The van der Waals surface area contributed by atoms with Crippen LogP contribution in [0, 0.1) is 11.6 Å². The van der Waals surface area contributed by atoms with Gasteiger partial charge in [-0.2, -0.15) is 0 Å². The zero-order chi connectivity index (χ0) is 21.0. The number of ether oxygens (including phenoxy) is 1. The van der Waals surface area contributed by atoms with Crippen molar-refractivity contribution >= 4 is 39.3 Å². The Kier molecular flexibility index (Phi) is 6.86. The summed E-state index contributed by atoms with van der Waals surface area (Å²) >= 11 is 4.21. The molecule has 0 saturated heterocycles. The fourth-order valence-corrected chi connectivity index (χ4v) is 3.76. The largest absolute Gasteiger partial charge is 0.497 e. The summed E-state index contributed by atoms with van der Waals surface area (Å²) in [6, 6.07) is 9.43. The Morgan fingerprint density at radius 2 is 1.97 bits per heavy atom. The van der Waals surface area contributed by atoms with E-state index in [9.17, 15) is 13.6 Å². The highest BCUT2D eigenvalue weighted by molar-refractivity contribution is 9.10. The highest BCUT2D eigenvalue weighted by Crippen LogP contribution is 2.27. The topological polar surface area (TPSA) is 69.0 Å². The molecule has 1 N–H and O–H groups in total. The molecule has 0 bridgehead atoms. The molecular formula is C19H17BrF2N4O2S. The molecule has 1 heterocycles. The van der Waals surface area contributed by atoms with E-state index < -0.39 is 17.5 Å². The minimum Gasteiger partial charge on any atom is -0.497 e. The summed E-state index contributed by atoms with van der Waals surface area (Å²) in [5.41, 5.74) is 0.947. The molecule has 0 atom stereocenters. The summed E-state index contributed by atoms with van der Waals surface area (Å²) in [7, 11) is 3.43. The number of carbonyl (C=O) groups is 1. The fraction of sp³-hybridized carbons (Fsp3) is 0.211. The SMILES string of the molecule is COc1ccc(Cc2nnc(SCC(=O)Nc3c(F)cc(F)cc3Br)n2C)cc1. The quantitative estimate of drug-likeness (QED) is 0.511. The Hall–Kier alpha value is -2.46. The van der Waals surface area contributed by atoms with Crippen molar-refractivity contribution < 1.29 is 18.3 Å². The first-order valence-corrected chi connectivity index (χ1v) is 10.2. The number of thioether (sulfide) groups is 1. The van der Waals surface area contributed by atoms with Crippen LogP contribution in [0.1, 0.15) is 11.4 Å². The third-order valence-corrected chi connectivity index (χ3v) is 5.70. The van der Waals surface area contributed by atoms with Crippen LogP contribution in [0.4, 0.5) is 14.5 Å². The number of aromatic nitrogens is 3. The Morgan fingerprint density at radius 1 is 1.24 bits per heavy atom. The second-order valence-corrected chi connectivity index (χ2v) is 7.86. The number of nitrogens with zero attached hydrogens (tertiary/aromatic N) is 3. The van der Waals surface area contributed by atoms with Crippen molar-refractivity contribution in [1.29, 1.82) is 0 Å². The predicted octanol–water partition coefficient (Wildman–Crippen LogP) is 4.19. The van der Waals surface area contributed by atoms with Crippen LogP contribution < -0.4 is 10.1 Å². The summed E-state index contributed by atoms with van der Waals surface area (Å²) in [6.45, 7) is 0. The lowest BCUT2D eigenvalue weighted by Crippen LogP contribution is -2.16. The summed E-state index contributed by atoms with van der Waals surface area (Å²) in [5, 5.41) is 11.3. The van der Waals surface area contributed by atoms with Gasteiger partial charge in [-0.3, -0.25) is 4.79 Å². The van der Waals surface area contributed by atoms with Gasteiger partial charge in [-0.15, -0.1) is 10.2 Å². The fourth-order valence-electron chi connectivity index (χ4n) is 2.52. The Balaban J connectivity index is 1.60. The zero-order valence-corrected chi connectivity index (χ0v) is 18.0. The number of hydrogen-bond donors (Lipinski definition) is 1. The van der Waals surface area contributed by atoms with Crippen molar-refractivity contribution in [2.75, 3.05) is 18.2 Å². The van der Waals surface area contributed by atoms with Crippen molar-refractivity contribution in [3.63, 3.8) is 0 Å². The molecule has 2 aromatic carbocycles. The van der Waals surface area contributed by atoms with Crippen LogP contribution in [0.5, 0.6) is 5.75 Å². The standard InChI is InChI=1S/C19H17BrF2N4O2S/c1-26-16(7-11-3-5-13(28-2)6-4-11)24-25-19(26)29-10-17(27)23-18-14(20)8-12(21)9-15(18)22/h3-6,8-9H,7,10H2,1-2H3,(H,23,27). The van der Waals surface area contributed by atoms with Crippen molar-refractivity contribution in [2.24, 2.45) is 7.05 Å². The summed E-state index contributed by atoms with van der Waals surface area (Å²) < 4.78 is 34.1. The number of amides is 1. The monoisotopic (exact) mass is 482 g/mol. The van der Waals surface area contributed by atoms with Crippen LogP contribution in [0.15, 0.2) is 46.0 Å². The summed E-state index contributed by atoms with van der Waals surface area (Å²) in [5.74, 6) is -0.511. The van der Waals surface area contributed by atoms with Crippen molar-refractivity contribution in [2.45, 2.75) is 11.6 Å². The van der Waals surface area contributed by atoms with E-state index in [4.69, 9.17) is 4.74 Å². The maximum Gasteiger partial charge on any atom is 0.234 e. The van der Waals surface area contributed by atoms with Gasteiger partial charge >= 0.3 is 0 Å². The average molecular weight is 483 g/mol. The predicted molar refractivity (Wildman–Crippen MR) is 110 cm³/mol. The minimum absolute atomic E-state index is 0.00222. The van der Waals surface area contributed by atoms with Gasteiger partial charge in [0, 0.05) is 24.0 Å². The van der Waals surface area contributed by atoms with Crippen LogP contribution in [0.25, 0.3) is 0 Å². The van der Waals surface area contributed by atoms with Crippen LogP contribution in [-0.4, -0.2) is 33.5 Å². The minimum atomic E-state index is -0.851. The van der Waals surface area contributed by atoms with E-state index >= 15 is 0 Å².